The smallest absolute Gasteiger partial charge is 0.309 e. The third-order valence-electron chi connectivity index (χ3n) is 7.69. The molecule has 0 spiro atoms. The number of nitrogens with zero attached hydrogens (tertiary/aromatic N) is 1. The Morgan fingerprint density at radius 2 is 1.91 bits per heavy atom. The second-order valence-corrected chi connectivity index (χ2v) is 10.9. The Morgan fingerprint density at radius 3 is 2.57 bits per heavy atom. The van der Waals surface area contributed by atoms with E-state index in [1.54, 1.807) is 45.2 Å². The van der Waals surface area contributed by atoms with Crippen LogP contribution in [0.2, 0.25) is 0 Å². The van der Waals surface area contributed by atoms with E-state index in [1.807, 2.05) is 13.8 Å². The SMILES string of the molecule is C[C@H]1CCC[C@@]2(C)OC2CC(/C(F)=C/c2ccccn2)OC(=O)CC(O)C(C)(C)C(=O)[C@H](C)[C@H]1O. The number of ether oxygens (including phenoxy) is 2. The van der Waals surface area contributed by atoms with E-state index in [-0.39, 0.29) is 24.2 Å². The van der Waals surface area contributed by atoms with E-state index in [0.717, 1.165) is 6.42 Å². The number of carbonyl (C=O) groups excluding carboxylic acids is 2. The molecule has 2 fully saturated rings. The molecule has 3 rings (SSSR count). The lowest BCUT2D eigenvalue weighted by Crippen LogP contribution is -2.45. The maximum absolute atomic E-state index is 15.3. The molecule has 2 aliphatic heterocycles. The molecular formula is C27H38FNO6. The highest BCUT2D eigenvalue weighted by Crippen LogP contribution is 2.45. The summed E-state index contributed by atoms with van der Waals surface area (Å²) in [7, 11) is 0. The predicted octanol–water partition coefficient (Wildman–Crippen LogP) is 4.01. The van der Waals surface area contributed by atoms with Crippen molar-refractivity contribution in [1.29, 1.82) is 0 Å². The van der Waals surface area contributed by atoms with E-state index in [1.165, 1.54) is 6.08 Å². The number of ketones is 1. The zero-order valence-electron chi connectivity index (χ0n) is 21.2. The highest BCUT2D eigenvalue weighted by atomic mass is 19.1. The summed E-state index contributed by atoms with van der Waals surface area (Å²) in [5, 5.41) is 21.5. The standard InChI is InChI=1S/C27H38FNO6/c1-16-9-8-11-27(5)22(35-27)14-20(19(28)13-18-10-6-7-12-29-18)34-23(31)15-21(30)26(3,4)25(33)17(2)24(16)32/h6-7,10,12-13,16-17,20-22,24,30,32H,8-9,11,14-15H2,1-5H3/b19-13-/t16-,17+,20?,21?,22?,24-,27+/m0/s1. The Balaban J connectivity index is 1.86. The predicted molar refractivity (Wildman–Crippen MR) is 129 cm³/mol. The van der Waals surface area contributed by atoms with Gasteiger partial charge in [0.15, 0.2) is 6.10 Å². The van der Waals surface area contributed by atoms with Gasteiger partial charge in [0.25, 0.3) is 0 Å². The zero-order chi connectivity index (χ0) is 26.0. The topological polar surface area (TPSA) is 109 Å². The van der Waals surface area contributed by atoms with Crippen LogP contribution in [0.4, 0.5) is 4.39 Å². The second-order valence-electron chi connectivity index (χ2n) is 10.9. The molecule has 2 N–H and O–H groups in total. The number of Topliss-reactive ketones (excluding diaryl/α,β-unsaturated/α-hetero) is 1. The third-order valence-corrected chi connectivity index (χ3v) is 7.69. The van der Waals surface area contributed by atoms with Gasteiger partial charge in [0.2, 0.25) is 0 Å². The number of fused-ring (bicyclic) bond motifs is 1. The number of hydrogen-bond acceptors (Lipinski definition) is 7. The van der Waals surface area contributed by atoms with Crippen LogP contribution < -0.4 is 0 Å². The Kier molecular flexibility index (Phi) is 8.50. The summed E-state index contributed by atoms with van der Waals surface area (Å²) in [6.45, 7) is 8.59. The van der Waals surface area contributed by atoms with Crippen molar-refractivity contribution in [3.63, 3.8) is 0 Å². The molecule has 0 amide bonds. The Morgan fingerprint density at radius 1 is 1.20 bits per heavy atom. The fourth-order valence-electron chi connectivity index (χ4n) is 4.88. The van der Waals surface area contributed by atoms with Crippen molar-refractivity contribution in [1.82, 2.24) is 4.98 Å². The molecule has 35 heavy (non-hydrogen) atoms. The van der Waals surface area contributed by atoms with Crippen molar-refractivity contribution in [2.45, 2.75) is 96.7 Å². The summed E-state index contributed by atoms with van der Waals surface area (Å²) in [4.78, 5) is 30.0. The van der Waals surface area contributed by atoms with Crippen molar-refractivity contribution < 1.29 is 33.7 Å². The zero-order valence-corrected chi connectivity index (χ0v) is 21.2. The highest BCUT2D eigenvalue weighted by Gasteiger charge is 2.53. The van der Waals surface area contributed by atoms with E-state index in [2.05, 4.69) is 4.98 Å². The maximum Gasteiger partial charge on any atom is 0.309 e. The first-order valence-electron chi connectivity index (χ1n) is 12.4. The van der Waals surface area contributed by atoms with Crippen molar-refractivity contribution >= 4 is 17.8 Å². The maximum atomic E-state index is 15.3. The molecule has 194 valence electrons. The number of aromatic nitrogens is 1. The molecule has 0 aromatic carbocycles. The summed E-state index contributed by atoms with van der Waals surface area (Å²) in [5.41, 5.74) is -1.38. The normalized spacial score (nSPS) is 37.3. The Labute approximate surface area is 206 Å². The molecule has 1 aromatic heterocycles. The lowest BCUT2D eigenvalue weighted by molar-refractivity contribution is -0.155. The summed E-state index contributed by atoms with van der Waals surface area (Å²) in [6, 6.07) is 5.09. The van der Waals surface area contributed by atoms with Crippen LogP contribution in [0.25, 0.3) is 6.08 Å². The van der Waals surface area contributed by atoms with Gasteiger partial charge >= 0.3 is 5.97 Å². The number of esters is 1. The second kappa shape index (κ2) is 10.8. The molecule has 0 aliphatic carbocycles. The molecule has 7 atom stereocenters. The molecule has 8 heteroatoms. The fraction of sp³-hybridized carbons (Fsp3) is 0.667. The minimum Gasteiger partial charge on any atom is -0.455 e. The van der Waals surface area contributed by atoms with Crippen molar-refractivity contribution in [2.24, 2.45) is 17.3 Å². The quantitative estimate of drug-likeness (QED) is 0.475. The van der Waals surface area contributed by atoms with Gasteiger partial charge in [-0.05, 0) is 43.9 Å². The van der Waals surface area contributed by atoms with E-state index in [4.69, 9.17) is 9.47 Å². The minimum atomic E-state index is -1.36. The van der Waals surface area contributed by atoms with E-state index in [9.17, 15) is 19.8 Å². The van der Waals surface area contributed by atoms with Gasteiger partial charge < -0.3 is 19.7 Å². The van der Waals surface area contributed by atoms with Crippen LogP contribution >= 0.6 is 0 Å². The molecule has 1 aromatic rings. The first-order chi connectivity index (χ1) is 16.3. The minimum absolute atomic E-state index is 0.130. The van der Waals surface area contributed by atoms with Crippen LogP contribution in [0, 0.1) is 17.3 Å². The number of aliphatic hydroxyl groups excluding tert-OH is 2. The van der Waals surface area contributed by atoms with Crippen LogP contribution in [0.15, 0.2) is 30.2 Å². The summed E-state index contributed by atoms with van der Waals surface area (Å²) in [6.07, 6.45) is 0.859. The number of pyridine rings is 1. The van der Waals surface area contributed by atoms with Crippen LogP contribution in [-0.2, 0) is 19.1 Å². The van der Waals surface area contributed by atoms with Gasteiger partial charge in [-0.1, -0.05) is 40.2 Å². The molecule has 0 saturated carbocycles. The molecule has 3 unspecified atom stereocenters. The average Bonchev–Trinajstić information content (AvgIpc) is 3.45. The highest BCUT2D eigenvalue weighted by molar-refractivity contribution is 5.88. The van der Waals surface area contributed by atoms with E-state index < -0.39 is 53.5 Å². The van der Waals surface area contributed by atoms with Crippen LogP contribution in [0.5, 0.6) is 0 Å². The van der Waals surface area contributed by atoms with Crippen molar-refractivity contribution in [3.05, 3.63) is 35.9 Å². The summed E-state index contributed by atoms with van der Waals surface area (Å²) < 4.78 is 26.6. The monoisotopic (exact) mass is 491 g/mol. The van der Waals surface area contributed by atoms with Gasteiger partial charge in [-0.2, -0.15) is 0 Å². The fourth-order valence-corrected chi connectivity index (χ4v) is 4.88. The molecule has 2 saturated heterocycles. The molecule has 3 heterocycles. The first kappa shape index (κ1) is 27.4. The number of halogens is 1. The number of carbonyl (C=O) groups is 2. The number of hydrogen-bond donors (Lipinski definition) is 2. The Bertz CT molecular complexity index is 935. The molecule has 2 aliphatic rings. The molecular weight excluding hydrogens is 453 g/mol. The Hall–Kier alpha value is -2.16. The average molecular weight is 492 g/mol. The van der Waals surface area contributed by atoms with Gasteiger partial charge in [0, 0.05) is 18.5 Å². The van der Waals surface area contributed by atoms with Gasteiger partial charge in [-0.15, -0.1) is 0 Å². The van der Waals surface area contributed by atoms with Gasteiger partial charge in [-0.25, -0.2) is 4.39 Å². The number of epoxide rings is 1. The summed E-state index contributed by atoms with van der Waals surface area (Å²) in [5.74, 6) is -2.66. The largest absolute Gasteiger partial charge is 0.455 e. The lowest BCUT2D eigenvalue weighted by atomic mass is 9.73. The van der Waals surface area contributed by atoms with E-state index in [0.29, 0.717) is 18.5 Å². The third kappa shape index (κ3) is 6.54. The van der Waals surface area contributed by atoms with Gasteiger partial charge in [0.05, 0.1) is 41.4 Å². The van der Waals surface area contributed by atoms with Gasteiger partial charge in [-0.3, -0.25) is 14.6 Å². The van der Waals surface area contributed by atoms with Crippen molar-refractivity contribution in [3.8, 4) is 0 Å². The van der Waals surface area contributed by atoms with Crippen LogP contribution in [-0.4, -0.2) is 57.0 Å². The molecule has 7 nitrogen and oxygen atoms in total. The first-order valence-corrected chi connectivity index (χ1v) is 12.4. The van der Waals surface area contributed by atoms with Crippen LogP contribution in [0.3, 0.4) is 0 Å². The molecule has 0 bridgehead atoms. The molecule has 0 radical (unpaired) electrons. The lowest BCUT2D eigenvalue weighted by Gasteiger charge is -2.34. The van der Waals surface area contributed by atoms with Crippen molar-refractivity contribution in [2.75, 3.05) is 0 Å². The van der Waals surface area contributed by atoms with Crippen LogP contribution in [0.1, 0.15) is 72.4 Å². The van der Waals surface area contributed by atoms with Gasteiger partial charge in [0.1, 0.15) is 11.6 Å². The van der Waals surface area contributed by atoms with E-state index >= 15 is 4.39 Å². The number of cyclic esters (lactones) is 1. The summed E-state index contributed by atoms with van der Waals surface area (Å²) >= 11 is 0. The number of aliphatic hydroxyl groups is 2. The number of rotatable bonds is 2.